The van der Waals surface area contributed by atoms with Crippen molar-refractivity contribution in [2.45, 2.75) is 64.4 Å². The minimum atomic E-state index is -0.286. The van der Waals surface area contributed by atoms with Gasteiger partial charge in [-0.1, -0.05) is 13.8 Å². The molecule has 4 aliphatic carbocycles. The number of hydrogen-bond acceptors (Lipinski definition) is 1. The van der Waals surface area contributed by atoms with Gasteiger partial charge >= 0.3 is 0 Å². The topological polar surface area (TPSA) is 20.2 Å². The molecule has 0 spiro atoms. The first kappa shape index (κ1) is 10.1. The summed E-state index contributed by atoms with van der Waals surface area (Å²) in [6.07, 6.45) is 8.85. The normalized spacial score (nSPS) is 51.0. The summed E-state index contributed by atoms with van der Waals surface area (Å²) < 4.78 is 0. The molecular weight excluding hydrogens is 184 g/mol. The molecule has 1 heteroatoms. The van der Waals surface area contributed by atoms with E-state index in [4.69, 9.17) is 0 Å². The molecule has 86 valence electrons. The quantitative estimate of drug-likeness (QED) is 0.737. The summed E-state index contributed by atoms with van der Waals surface area (Å²) in [5.41, 5.74) is -0.00826. The minimum absolute atomic E-state index is 0.278. The first-order valence-corrected chi connectivity index (χ1v) is 6.86. The van der Waals surface area contributed by atoms with E-state index in [1.807, 2.05) is 0 Å². The standard InChI is InChI=1S/C14H24O/c1-3-13(4-2)12-6-10-5-11(7-12)9-14(13,15)8-10/h10-12,15H,3-9H2,1-2H3. The monoisotopic (exact) mass is 208 g/mol. The molecule has 0 saturated heterocycles. The highest BCUT2D eigenvalue weighted by atomic mass is 16.3. The largest absolute Gasteiger partial charge is 0.389 e. The highest BCUT2D eigenvalue weighted by Crippen LogP contribution is 2.66. The van der Waals surface area contributed by atoms with Gasteiger partial charge in [-0.3, -0.25) is 0 Å². The maximum absolute atomic E-state index is 11.0. The molecule has 4 aliphatic rings. The predicted octanol–water partition coefficient (Wildman–Crippen LogP) is 3.36. The summed E-state index contributed by atoms with van der Waals surface area (Å²) in [4.78, 5) is 0. The average Bonchev–Trinajstić information content (AvgIpc) is 2.16. The van der Waals surface area contributed by atoms with Crippen molar-refractivity contribution in [2.75, 3.05) is 0 Å². The smallest absolute Gasteiger partial charge is 0.0711 e. The zero-order chi connectivity index (χ0) is 10.7. The van der Waals surface area contributed by atoms with Crippen LogP contribution < -0.4 is 0 Å². The van der Waals surface area contributed by atoms with E-state index in [9.17, 15) is 5.11 Å². The van der Waals surface area contributed by atoms with Crippen molar-refractivity contribution in [1.29, 1.82) is 0 Å². The lowest BCUT2D eigenvalue weighted by Gasteiger charge is -2.65. The Morgan fingerprint density at radius 3 is 1.93 bits per heavy atom. The van der Waals surface area contributed by atoms with Crippen molar-refractivity contribution < 1.29 is 5.11 Å². The van der Waals surface area contributed by atoms with Crippen molar-refractivity contribution in [2.24, 2.45) is 23.2 Å². The van der Waals surface area contributed by atoms with Crippen molar-refractivity contribution in [1.82, 2.24) is 0 Å². The average molecular weight is 208 g/mol. The van der Waals surface area contributed by atoms with Crippen LogP contribution in [0.4, 0.5) is 0 Å². The summed E-state index contributed by atoms with van der Waals surface area (Å²) in [7, 11) is 0. The molecule has 1 N–H and O–H groups in total. The first-order chi connectivity index (χ1) is 7.13. The molecule has 0 heterocycles. The van der Waals surface area contributed by atoms with Gasteiger partial charge in [0.25, 0.3) is 0 Å². The van der Waals surface area contributed by atoms with Crippen molar-refractivity contribution >= 4 is 0 Å². The van der Waals surface area contributed by atoms with E-state index in [1.165, 1.54) is 32.1 Å². The lowest BCUT2D eigenvalue weighted by molar-refractivity contribution is -0.230. The van der Waals surface area contributed by atoms with Crippen LogP contribution >= 0.6 is 0 Å². The summed E-state index contributed by atoms with van der Waals surface area (Å²) in [6, 6.07) is 0. The highest BCUT2D eigenvalue weighted by molar-refractivity contribution is 5.13. The van der Waals surface area contributed by atoms with Crippen LogP contribution in [-0.4, -0.2) is 10.7 Å². The fourth-order valence-electron chi connectivity index (χ4n) is 5.66. The highest BCUT2D eigenvalue weighted by Gasteiger charge is 2.62. The third-order valence-electron chi connectivity index (χ3n) is 6.13. The van der Waals surface area contributed by atoms with Crippen LogP contribution in [0.3, 0.4) is 0 Å². The van der Waals surface area contributed by atoms with Gasteiger partial charge in [0.05, 0.1) is 5.60 Å². The SMILES string of the molecule is CCC1(CC)C2CC3CC(C2)CC1(O)C3. The van der Waals surface area contributed by atoms with Gasteiger partial charge in [-0.15, -0.1) is 0 Å². The molecular formula is C14H24O. The Balaban J connectivity index is 2.02. The maximum Gasteiger partial charge on any atom is 0.0711 e. The van der Waals surface area contributed by atoms with E-state index < -0.39 is 0 Å². The zero-order valence-electron chi connectivity index (χ0n) is 10.1. The van der Waals surface area contributed by atoms with Gasteiger partial charge in [0.2, 0.25) is 0 Å². The molecule has 4 bridgehead atoms. The molecule has 0 aromatic heterocycles. The molecule has 4 rings (SSSR count). The Bertz CT molecular complexity index is 253. The number of rotatable bonds is 2. The van der Waals surface area contributed by atoms with E-state index >= 15 is 0 Å². The molecule has 1 nitrogen and oxygen atoms in total. The first-order valence-electron chi connectivity index (χ1n) is 6.86. The van der Waals surface area contributed by atoms with Crippen LogP contribution in [0.1, 0.15) is 58.8 Å². The van der Waals surface area contributed by atoms with Gasteiger partial charge in [0, 0.05) is 5.41 Å². The van der Waals surface area contributed by atoms with E-state index in [0.29, 0.717) is 0 Å². The fourth-order valence-corrected chi connectivity index (χ4v) is 5.66. The molecule has 0 radical (unpaired) electrons. The van der Waals surface area contributed by atoms with Gasteiger partial charge < -0.3 is 5.11 Å². The van der Waals surface area contributed by atoms with Gasteiger partial charge in [0.1, 0.15) is 0 Å². The molecule has 15 heavy (non-hydrogen) atoms. The van der Waals surface area contributed by atoms with E-state index in [2.05, 4.69) is 13.8 Å². The van der Waals surface area contributed by atoms with E-state index in [0.717, 1.165) is 30.6 Å². The summed E-state index contributed by atoms with van der Waals surface area (Å²) >= 11 is 0. The number of aliphatic hydroxyl groups is 1. The van der Waals surface area contributed by atoms with Crippen molar-refractivity contribution in [3.63, 3.8) is 0 Å². The van der Waals surface area contributed by atoms with Gasteiger partial charge in [-0.2, -0.15) is 0 Å². The Labute approximate surface area is 93.3 Å². The third kappa shape index (κ3) is 1.08. The fraction of sp³-hybridized carbons (Fsp3) is 1.00. The molecule has 0 aromatic rings. The molecule has 0 aliphatic heterocycles. The molecule has 4 saturated carbocycles. The lowest BCUT2D eigenvalue weighted by Crippen LogP contribution is -2.63. The Hall–Kier alpha value is -0.0400. The van der Waals surface area contributed by atoms with Gasteiger partial charge in [-0.25, -0.2) is 0 Å². The lowest BCUT2D eigenvalue weighted by atomic mass is 9.42. The minimum Gasteiger partial charge on any atom is -0.389 e. The van der Waals surface area contributed by atoms with Crippen LogP contribution in [0.5, 0.6) is 0 Å². The van der Waals surface area contributed by atoms with E-state index in [-0.39, 0.29) is 11.0 Å². The van der Waals surface area contributed by atoms with Crippen LogP contribution in [0.2, 0.25) is 0 Å². The molecule has 0 aromatic carbocycles. The Morgan fingerprint density at radius 2 is 1.53 bits per heavy atom. The van der Waals surface area contributed by atoms with Crippen LogP contribution in [0.15, 0.2) is 0 Å². The number of hydrogen-bond donors (Lipinski definition) is 1. The zero-order valence-corrected chi connectivity index (χ0v) is 10.1. The molecule has 2 unspecified atom stereocenters. The second-order valence-corrected chi connectivity index (χ2v) is 6.44. The Kier molecular flexibility index (Phi) is 2.03. The summed E-state index contributed by atoms with van der Waals surface area (Å²) in [5.74, 6) is 2.56. The second-order valence-electron chi connectivity index (χ2n) is 6.44. The molecule has 4 fully saturated rings. The van der Waals surface area contributed by atoms with Gasteiger partial charge in [-0.05, 0) is 62.7 Å². The molecule has 0 amide bonds. The summed E-state index contributed by atoms with van der Waals surface area (Å²) in [6.45, 7) is 4.59. The molecule has 2 atom stereocenters. The third-order valence-corrected chi connectivity index (χ3v) is 6.13. The van der Waals surface area contributed by atoms with E-state index in [1.54, 1.807) is 0 Å². The maximum atomic E-state index is 11.0. The van der Waals surface area contributed by atoms with Crippen molar-refractivity contribution in [3.8, 4) is 0 Å². The van der Waals surface area contributed by atoms with Crippen LogP contribution in [0.25, 0.3) is 0 Å². The summed E-state index contributed by atoms with van der Waals surface area (Å²) in [5, 5.41) is 11.0. The predicted molar refractivity (Wildman–Crippen MR) is 61.5 cm³/mol. The second kappa shape index (κ2) is 3.00. The van der Waals surface area contributed by atoms with Gasteiger partial charge in [0.15, 0.2) is 0 Å². The van der Waals surface area contributed by atoms with Crippen molar-refractivity contribution in [3.05, 3.63) is 0 Å². The van der Waals surface area contributed by atoms with Crippen LogP contribution in [-0.2, 0) is 0 Å². The van der Waals surface area contributed by atoms with Crippen LogP contribution in [0, 0.1) is 23.2 Å². The Morgan fingerprint density at radius 1 is 1.00 bits per heavy atom.